The Morgan fingerprint density at radius 1 is 1.03 bits per heavy atom. The molecule has 1 aliphatic rings. The van der Waals surface area contributed by atoms with Crippen LogP contribution in [0.5, 0.6) is 0 Å². The number of carboxylic acids is 1. The van der Waals surface area contributed by atoms with E-state index in [9.17, 15) is 23.2 Å². The topological polar surface area (TPSA) is 140 Å². The largest absolute Gasteiger partial charge is 0.490 e. The van der Waals surface area contributed by atoms with Gasteiger partial charge in [-0.1, -0.05) is 49.2 Å². The van der Waals surface area contributed by atoms with Crippen LogP contribution in [-0.2, 0) is 16.0 Å². The minimum atomic E-state index is -5.08. The highest BCUT2D eigenvalue weighted by Gasteiger charge is 2.38. The summed E-state index contributed by atoms with van der Waals surface area (Å²) in [6.07, 6.45) is -1.38. The molecule has 0 aliphatic heterocycles. The fourth-order valence-corrected chi connectivity index (χ4v) is 3.47. The summed E-state index contributed by atoms with van der Waals surface area (Å²) in [7, 11) is 0. The number of nitrogens with zero attached hydrogens (tertiary/aromatic N) is 2. The second-order valence-corrected chi connectivity index (χ2v) is 7.91. The molecule has 178 valence electrons. The molecule has 1 fully saturated rings. The van der Waals surface area contributed by atoms with E-state index in [4.69, 9.17) is 20.9 Å². The van der Waals surface area contributed by atoms with Crippen molar-refractivity contribution in [3.63, 3.8) is 0 Å². The lowest BCUT2D eigenvalue weighted by atomic mass is 9.96. The highest BCUT2D eigenvalue weighted by molar-refractivity contribution is 5.86. The normalized spacial score (nSPS) is 15.1. The molecule has 34 heavy (non-hydrogen) atoms. The van der Waals surface area contributed by atoms with E-state index < -0.39 is 23.7 Å². The third kappa shape index (κ3) is 7.32. The van der Waals surface area contributed by atoms with Crippen molar-refractivity contribution in [3.05, 3.63) is 59.7 Å². The molecule has 3 rings (SSSR count). The molecule has 0 radical (unpaired) electrons. The summed E-state index contributed by atoms with van der Waals surface area (Å²) in [4.78, 5) is 21.3. The van der Waals surface area contributed by atoms with Crippen LogP contribution in [0.2, 0.25) is 0 Å². The number of nitrogens with one attached hydrogen (secondary N) is 1. The van der Waals surface area contributed by atoms with E-state index in [1.807, 2.05) is 36.4 Å². The van der Waals surface area contributed by atoms with Crippen LogP contribution in [0.1, 0.15) is 36.8 Å². The fourth-order valence-electron chi connectivity index (χ4n) is 3.47. The third-order valence-electron chi connectivity index (χ3n) is 5.39. The predicted molar refractivity (Wildman–Crippen MR) is 117 cm³/mol. The van der Waals surface area contributed by atoms with Crippen molar-refractivity contribution in [3.8, 4) is 23.3 Å². The summed E-state index contributed by atoms with van der Waals surface area (Å²) in [6, 6.07) is 18.9. The Morgan fingerprint density at radius 2 is 1.50 bits per heavy atom. The number of halogens is 3. The first-order valence-corrected chi connectivity index (χ1v) is 10.4. The lowest BCUT2D eigenvalue weighted by Crippen LogP contribution is -2.54. The molecular formula is C24H23F3N4O3. The van der Waals surface area contributed by atoms with E-state index >= 15 is 0 Å². The Bertz CT molecular complexity index is 1080. The van der Waals surface area contributed by atoms with E-state index in [0.29, 0.717) is 24.8 Å². The first-order valence-electron chi connectivity index (χ1n) is 10.4. The van der Waals surface area contributed by atoms with Crippen LogP contribution in [0, 0.1) is 22.7 Å². The number of nitrogens with two attached hydrogens (primary N) is 1. The van der Waals surface area contributed by atoms with Crippen molar-refractivity contribution in [2.45, 2.75) is 49.9 Å². The van der Waals surface area contributed by atoms with Crippen LogP contribution in [-0.4, -0.2) is 34.7 Å². The predicted octanol–water partition coefficient (Wildman–Crippen LogP) is 3.68. The molecule has 0 saturated heterocycles. The molecule has 0 aromatic heterocycles. The smallest absolute Gasteiger partial charge is 0.475 e. The van der Waals surface area contributed by atoms with Gasteiger partial charge >= 0.3 is 12.1 Å². The number of rotatable bonds is 5. The number of carbonyl (C=O) groups is 2. The van der Waals surface area contributed by atoms with E-state index in [-0.39, 0.29) is 5.91 Å². The number of aliphatic carboxylic acids is 1. The number of hydrogen-bond donors (Lipinski definition) is 3. The maximum absolute atomic E-state index is 12.4. The van der Waals surface area contributed by atoms with Gasteiger partial charge in [-0.25, -0.2) is 4.79 Å². The molecular weight excluding hydrogens is 449 g/mol. The lowest BCUT2D eigenvalue weighted by molar-refractivity contribution is -0.192. The summed E-state index contributed by atoms with van der Waals surface area (Å²) >= 11 is 0. The van der Waals surface area contributed by atoms with Gasteiger partial charge in [-0.15, -0.1) is 0 Å². The van der Waals surface area contributed by atoms with Crippen molar-refractivity contribution < 1.29 is 27.9 Å². The fraction of sp³-hybridized carbons (Fsp3) is 0.333. The zero-order valence-electron chi connectivity index (χ0n) is 18.1. The molecule has 4 N–H and O–H groups in total. The van der Waals surface area contributed by atoms with Gasteiger partial charge in [0.25, 0.3) is 0 Å². The third-order valence-corrected chi connectivity index (χ3v) is 5.39. The molecule has 0 spiro atoms. The van der Waals surface area contributed by atoms with Crippen molar-refractivity contribution in [1.29, 1.82) is 10.5 Å². The van der Waals surface area contributed by atoms with Crippen molar-refractivity contribution in [2.75, 3.05) is 0 Å². The molecule has 1 atom stereocenters. The van der Waals surface area contributed by atoms with Gasteiger partial charge < -0.3 is 16.2 Å². The first kappa shape index (κ1) is 26.4. The van der Waals surface area contributed by atoms with Gasteiger partial charge in [0, 0.05) is 6.42 Å². The van der Waals surface area contributed by atoms with Gasteiger partial charge in [0.2, 0.25) is 5.91 Å². The van der Waals surface area contributed by atoms with Gasteiger partial charge in [-0.05, 0) is 41.7 Å². The highest BCUT2D eigenvalue weighted by atomic mass is 19.4. The molecule has 1 aliphatic carbocycles. The molecule has 0 heterocycles. The Labute approximate surface area is 194 Å². The van der Waals surface area contributed by atoms with Crippen molar-refractivity contribution >= 4 is 11.9 Å². The number of hydrogen-bond acceptors (Lipinski definition) is 5. The standard InChI is InChI=1S/C22H22N4O.C2HF3O2/c23-14-17-5-9-19(10-6-17)18-7-3-16(4-8-18)13-20(15-24)26-21(27)22(25)11-1-2-12-22;3-2(4,5)1(6)7/h3-10,20H,1-2,11-13,25H2,(H,26,27);(H,6,7)/t20-;/m0./s1. The van der Waals surface area contributed by atoms with Gasteiger partial charge in [-0.3, -0.25) is 4.79 Å². The zero-order chi connectivity index (χ0) is 25.4. The lowest BCUT2D eigenvalue weighted by Gasteiger charge is -2.24. The van der Waals surface area contributed by atoms with E-state index in [1.165, 1.54) is 0 Å². The van der Waals surface area contributed by atoms with Crippen LogP contribution in [0.15, 0.2) is 48.5 Å². The minimum absolute atomic E-state index is 0.222. The number of benzene rings is 2. The van der Waals surface area contributed by atoms with Crippen LogP contribution in [0.4, 0.5) is 13.2 Å². The summed E-state index contributed by atoms with van der Waals surface area (Å²) < 4.78 is 31.7. The summed E-state index contributed by atoms with van der Waals surface area (Å²) in [5.74, 6) is -2.98. The minimum Gasteiger partial charge on any atom is -0.475 e. The SMILES string of the molecule is N#Cc1ccc(-c2ccc(C[C@@H](C#N)NC(=O)C3(N)CCCC3)cc2)cc1.O=C(O)C(F)(F)F. The summed E-state index contributed by atoms with van der Waals surface area (Å²) in [5.41, 5.74) is 8.99. The first-order chi connectivity index (χ1) is 16.0. The average molecular weight is 472 g/mol. The number of alkyl halides is 3. The Kier molecular flexibility index (Phi) is 8.76. The van der Waals surface area contributed by atoms with E-state index in [0.717, 1.165) is 29.5 Å². The van der Waals surface area contributed by atoms with Crippen molar-refractivity contribution in [2.24, 2.45) is 5.73 Å². The van der Waals surface area contributed by atoms with Crippen LogP contribution in [0.3, 0.4) is 0 Å². The second kappa shape index (κ2) is 11.3. The maximum Gasteiger partial charge on any atom is 0.490 e. The molecule has 0 unspecified atom stereocenters. The monoisotopic (exact) mass is 472 g/mol. The molecule has 10 heteroatoms. The van der Waals surface area contributed by atoms with Crippen LogP contribution >= 0.6 is 0 Å². The maximum atomic E-state index is 12.4. The van der Waals surface area contributed by atoms with Crippen molar-refractivity contribution in [1.82, 2.24) is 5.32 Å². The zero-order valence-corrected chi connectivity index (χ0v) is 18.1. The van der Waals surface area contributed by atoms with E-state index in [2.05, 4.69) is 17.5 Å². The molecule has 1 amide bonds. The Balaban J connectivity index is 0.000000509. The molecule has 0 bridgehead atoms. The Morgan fingerprint density at radius 3 is 1.91 bits per heavy atom. The number of nitriles is 2. The number of carbonyl (C=O) groups excluding carboxylic acids is 1. The summed E-state index contributed by atoms with van der Waals surface area (Å²) in [6.45, 7) is 0. The number of amides is 1. The van der Waals surface area contributed by atoms with E-state index in [1.54, 1.807) is 12.1 Å². The second-order valence-electron chi connectivity index (χ2n) is 7.91. The van der Waals surface area contributed by atoms with Gasteiger partial charge in [-0.2, -0.15) is 23.7 Å². The van der Waals surface area contributed by atoms with Gasteiger partial charge in [0.05, 0.1) is 23.2 Å². The molecule has 1 saturated carbocycles. The Hall–Kier alpha value is -3.89. The average Bonchev–Trinajstić information content (AvgIpc) is 3.27. The molecule has 2 aromatic carbocycles. The van der Waals surface area contributed by atoms with Gasteiger partial charge in [0.15, 0.2) is 0 Å². The number of carboxylic acid groups (broad SMARTS) is 1. The quantitative estimate of drug-likeness (QED) is 0.606. The highest BCUT2D eigenvalue weighted by Crippen LogP contribution is 2.27. The van der Waals surface area contributed by atoms with Crippen LogP contribution in [0.25, 0.3) is 11.1 Å². The molecule has 2 aromatic rings. The van der Waals surface area contributed by atoms with Gasteiger partial charge in [0.1, 0.15) is 6.04 Å². The molecule has 7 nitrogen and oxygen atoms in total. The summed E-state index contributed by atoms with van der Waals surface area (Å²) in [5, 5.41) is 28.2. The van der Waals surface area contributed by atoms with Crippen LogP contribution < -0.4 is 11.1 Å².